The molecule has 2 aromatic rings. The number of hydrogen-bond acceptors (Lipinski definition) is 6. The topological polar surface area (TPSA) is 73.8 Å². The van der Waals surface area contributed by atoms with Crippen LogP contribution in [-0.4, -0.2) is 48.5 Å². The number of benzene rings is 1. The number of rotatable bonds is 5. The van der Waals surface area contributed by atoms with Gasteiger partial charge in [-0.25, -0.2) is 0 Å². The zero-order valence-corrected chi connectivity index (χ0v) is 14.1. The highest BCUT2D eigenvalue weighted by Crippen LogP contribution is 2.36. The van der Waals surface area contributed by atoms with Gasteiger partial charge in [0.05, 0.1) is 24.0 Å². The fourth-order valence-electron chi connectivity index (χ4n) is 3.76. The Labute approximate surface area is 141 Å². The number of morpholine rings is 1. The molecule has 2 atom stereocenters. The molecule has 2 fully saturated rings. The van der Waals surface area contributed by atoms with Crippen molar-refractivity contribution >= 4 is 5.69 Å². The van der Waals surface area contributed by atoms with E-state index in [0.29, 0.717) is 24.4 Å². The fraction of sp³-hybridized carbons (Fsp3) is 0.500. The van der Waals surface area contributed by atoms with E-state index in [1.807, 2.05) is 32.0 Å². The minimum atomic E-state index is 0.421. The number of hydrogen-bond donors (Lipinski definition) is 1. The molecular formula is C18H23N3O3. The highest BCUT2D eigenvalue weighted by molar-refractivity contribution is 5.76. The second kappa shape index (κ2) is 6.11. The number of nitrogens with zero attached hydrogens (tertiary/aromatic N) is 2. The Hall–Kier alpha value is -2.05. The number of likely N-dealkylation sites (tertiary alicyclic amines) is 1. The highest BCUT2D eigenvalue weighted by Gasteiger charge is 2.38. The molecule has 4 rings (SSSR count). The molecule has 1 aromatic heterocycles. The van der Waals surface area contributed by atoms with Gasteiger partial charge in [-0.1, -0.05) is 5.16 Å². The lowest BCUT2D eigenvalue weighted by molar-refractivity contribution is 0.0258. The summed E-state index contributed by atoms with van der Waals surface area (Å²) >= 11 is 0. The summed E-state index contributed by atoms with van der Waals surface area (Å²) in [4.78, 5) is 2.46. The first kappa shape index (κ1) is 15.5. The van der Waals surface area contributed by atoms with Crippen LogP contribution in [0.25, 0.3) is 11.1 Å². The van der Waals surface area contributed by atoms with E-state index in [0.717, 1.165) is 54.4 Å². The Bertz CT molecular complexity index is 724. The van der Waals surface area contributed by atoms with Gasteiger partial charge in [0, 0.05) is 30.4 Å². The maximum absolute atomic E-state index is 6.09. The summed E-state index contributed by atoms with van der Waals surface area (Å²) in [6, 6.07) is 6.28. The third-order valence-corrected chi connectivity index (χ3v) is 4.96. The molecule has 2 aliphatic heterocycles. The molecule has 0 aliphatic carbocycles. The van der Waals surface area contributed by atoms with E-state index in [4.69, 9.17) is 19.7 Å². The summed E-state index contributed by atoms with van der Waals surface area (Å²) in [5.41, 5.74) is 9.43. The Kier molecular flexibility index (Phi) is 3.94. The predicted octanol–water partition coefficient (Wildman–Crippen LogP) is 2.39. The van der Waals surface area contributed by atoms with Crippen LogP contribution >= 0.6 is 0 Å². The molecule has 6 nitrogen and oxygen atoms in total. The predicted molar refractivity (Wildman–Crippen MR) is 91.0 cm³/mol. The van der Waals surface area contributed by atoms with Crippen molar-refractivity contribution < 1.29 is 14.0 Å². The van der Waals surface area contributed by atoms with E-state index < -0.39 is 0 Å². The van der Waals surface area contributed by atoms with E-state index in [-0.39, 0.29) is 0 Å². The summed E-state index contributed by atoms with van der Waals surface area (Å²) in [5, 5.41) is 4.04. The Morgan fingerprint density at radius 1 is 1.38 bits per heavy atom. The van der Waals surface area contributed by atoms with E-state index in [2.05, 4.69) is 10.1 Å². The lowest BCUT2D eigenvalue weighted by Crippen LogP contribution is -2.39. The summed E-state index contributed by atoms with van der Waals surface area (Å²) in [5.74, 6) is 1.59. The van der Waals surface area contributed by atoms with Gasteiger partial charge in [0.25, 0.3) is 0 Å². The van der Waals surface area contributed by atoms with Gasteiger partial charge in [0.2, 0.25) is 0 Å². The maximum atomic E-state index is 6.09. The van der Waals surface area contributed by atoms with Crippen LogP contribution in [-0.2, 0) is 4.74 Å². The molecule has 0 amide bonds. The quantitative estimate of drug-likeness (QED) is 0.849. The molecule has 3 heterocycles. The highest BCUT2D eigenvalue weighted by atomic mass is 16.5. The number of ether oxygens (including phenoxy) is 2. The Morgan fingerprint density at radius 3 is 2.92 bits per heavy atom. The molecule has 1 aromatic carbocycles. The number of anilines is 1. The molecule has 0 radical (unpaired) electrons. The molecule has 6 heteroatoms. The second-order valence-corrected chi connectivity index (χ2v) is 6.64. The third-order valence-electron chi connectivity index (χ3n) is 4.96. The average Bonchev–Trinajstić information content (AvgIpc) is 3.25. The van der Waals surface area contributed by atoms with Crippen molar-refractivity contribution in [3.05, 3.63) is 29.7 Å². The van der Waals surface area contributed by atoms with Crippen LogP contribution in [0, 0.1) is 13.8 Å². The van der Waals surface area contributed by atoms with Crippen LogP contribution in [0.4, 0.5) is 5.69 Å². The van der Waals surface area contributed by atoms with Crippen LogP contribution in [0.2, 0.25) is 0 Å². The SMILES string of the molecule is Cc1noc(C)c1-c1cc(N)ccc1OCCN1C[C@@H]2C[C@H]1CO2. The van der Waals surface area contributed by atoms with Crippen LogP contribution < -0.4 is 10.5 Å². The third kappa shape index (κ3) is 2.76. The summed E-state index contributed by atoms with van der Waals surface area (Å²) in [6.07, 6.45) is 1.58. The lowest BCUT2D eigenvalue weighted by Gasteiger charge is -2.26. The molecule has 2 aliphatic rings. The Balaban J connectivity index is 1.49. The van der Waals surface area contributed by atoms with Crippen LogP contribution in [0.1, 0.15) is 17.9 Å². The first-order chi connectivity index (χ1) is 11.6. The molecule has 2 N–H and O–H groups in total. The van der Waals surface area contributed by atoms with Gasteiger partial charge in [-0.15, -0.1) is 0 Å². The average molecular weight is 329 g/mol. The minimum absolute atomic E-state index is 0.421. The van der Waals surface area contributed by atoms with Crippen molar-refractivity contribution in [3.8, 4) is 16.9 Å². The van der Waals surface area contributed by atoms with Gasteiger partial charge in [-0.05, 0) is 38.5 Å². The summed E-state index contributed by atoms with van der Waals surface area (Å²) < 4.78 is 17.0. The molecule has 2 bridgehead atoms. The largest absolute Gasteiger partial charge is 0.492 e. The van der Waals surface area contributed by atoms with Gasteiger partial charge in [0.1, 0.15) is 18.1 Å². The Morgan fingerprint density at radius 2 is 2.25 bits per heavy atom. The van der Waals surface area contributed by atoms with E-state index in [1.54, 1.807) is 0 Å². The van der Waals surface area contributed by atoms with Gasteiger partial charge < -0.3 is 19.7 Å². The normalized spacial score (nSPS) is 23.1. The number of aryl methyl sites for hydroxylation is 2. The van der Waals surface area contributed by atoms with Crippen molar-refractivity contribution in [2.24, 2.45) is 0 Å². The molecule has 128 valence electrons. The molecule has 0 saturated carbocycles. The van der Waals surface area contributed by atoms with Crippen molar-refractivity contribution in [3.63, 3.8) is 0 Å². The standard InChI is InChI=1S/C18H23N3O3/c1-11-18(12(2)24-20-11)16-7-13(19)3-4-17(16)22-6-5-21-9-15-8-14(21)10-23-15/h3-4,7,14-15H,5-6,8-10,19H2,1-2H3/t14-,15-/m0/s1. The number of nitrogen functional groups attached to an aromatic ring is 1. The number of fused-ring (bicyclic) bond motifs is 2. The first-order valence-electron chi connectivity index (χ1n) is 8.43. The first-order valence-corrected chi connectivity index (χ1v) is 8.43. The van der Waals surface area contributed by atoms with Gasteiger partial charge in [-0.2, -0.15) is 0 Å². The zero-order valence-electron chi connectivity index (χ0n) is 14.1. The molecule has 24 heavy (non-hydrogen) atoms. The monoisotopic (exact) mass is 329 g/mol. The minimum Gasteiger partial charge on any atom is -0.492 e. The lowest BCUT2D eigenvalue weighted by atomic mass is 10.0. The molecule has 0 spiro atoms. The van der Waals surface area contributed by atoms with Crippen LogP contribution in [0.5, 0.6) is 5.75 Å². The van der Waals surface area contributed by atoms with Crippen LogP contribution in [0.3, 0.4) is 0 Å². The number of aromatic nitrogens is 1. The van der Waals surface area contributed by atoms with Crippen molar-refractivity contribution in [1.29, 1.82) is 0 Å². The molecule has 0 unspecified atom stereocenters. The smallest absolute Gasteiger partial charge is 0.141 e. The summed E-state index contributed by atoms with van der Waals surface area (Å²) in [6.45, 7) is 7.27. The van der Waals surface area contributed by atoms with Gasteiger partial charge in [0.15, 0.2) is 0 Å². The van der Waals surface area contributed by atoms with Crippen molar-refractivity contribution in [2.75, 3.05) is 32.0 Å². The van der Waals surface area contributed by atoms with Crippen molar-refractivity contribution in [1.82, 2.24) is 10.1 Å². The van der Waals surface area contributed by atoms with Gasteiger partial charge >= 0.3 is 0 Å². The van der Waals surface area contributed by atoms with Crippen molar-refractivity contribution in [2.45, 2.75) is 32.4 Å². The van der Waals surface area contributed by atoms with Crippen LogP contribution in [0.15, 0.2) is 22.7 Å². The van der Waals surface area contributed by atoms with E-state index >= 15 is 0 Å². The molecule has 2 saturated heterocycles. The maximum Gasteiger partial charge on any atom is 0.141 e. The fourth-order valence-corrected chi connectivity index (χ4v) is 3.76. The number of nitrogens with two attached hydrogens (primary N) is 1. The van der Waals surface area contributed by atoms with Gasteiger partial charge in [-0.3, -0.25) is 4.90 Å². The van der Waals surface area contributed by atoms with E-state index in [1.165, 1.54) is 0 Å². The molecular weight excluding hydrogens is 306 g/mol. The second-order valence-electron chi connectivity index (χ2n) is 6.64. The summed E-state index contributed by atoms with van der Waals surface area (Å²) in [7, 11) is 0. The van der Waals surface area contributed by atoms with E-state index in [9.17, 15) is 0 Å². The zero-order chi connectivity index (χ0) is 16.7.